The Hall–Kier alpha value is -0.100. The monoisotopic (exact) mass is 362 g/mol. The molecule has 0 aromatic rings. The molecule has 0 saturated carbocycles. The van der Waals surface area contributed by atoms with E-state index in [9.17, 15) is 8.42 Å². The molecule has 0 spiro atoms. The molecule has 0 aromatic heterocycles. The zero-order chi connectivity index (χ0) is 17.3. The van der Waals surface area contributed by atoms with Crippen molar-refractivity contribution in [3.05, 3.63) is 0 Å². The maximum atomic E-state index is 13.0. The molecule has 0 unspecified atom stereocenters. The summed E-state index contributed by atoms with van der Waals surface area (Å²) in [4.78, 5) is 0. The van der Waals surface area contributed by atoms with Gasteiger partial charge in [-0.2, -0.15) is 0 Å². The molecule has 0 amide bonds. The Morgan fingerprint density at radius 2 is 1.57 bits per heavy atom. The summed E-state index contributed by atoms with van der Waals surface area (Å²) in [6.45, 7) is 9.54. The third-order valence-corrected chi connectivity index (χ3v) is 10.1. The molecule has 2 fully saturated rings. The van der Waals surface area contributed by atoms with Crippen LogP contribution in [0.2, 0.25) is 0 Å². The van der Waals surface area contributed by atoms with Crippen LogP contribution in [0.25, 0.3) is 0 Å². The molecule has 2 aliphatic rings. The van der Waals surface area contributed by atoms with E-state index in [-0.39, 0.29) is 5.41 Å². The van der Waals surface area contributed by atoms with Gasteiger partial charge in [-0.25, -0.2) is 12.8 Å². The molecular formula is C17H34N2O2S2. The Balaban J connectivity index is 1.97. The smallest absolute Gasteiger partial charge is 0.0537 e. The van der Waals surface area contributed by atoms with Crippen molar-refractivity contribution < 1.29 is 8.42 Å². The van der Waals surface area contributed by atoms with Gasteiger partial charge in [-0.05, 0) is 48.9 Å². The second-order valence-electron chi connectivity index (χ2n) is 8.53. The molecule has 1 N–H and O–H groups in total. The fourth-order valence-corrected chi connectivity index (χ4v) is 7.73. The summed E-state index contributed by atoms with van der Waals surface area (Å²) in [6.07, 6.45) is 3.79. The predicted octanol–water partition coefficient (Wildman–Crippen LogP) is 4.00. The molecule has 2 aliphatic heterocycles. The van der Waals surface area contributed by atoms with Crippen LogP contribution >= 0.6 is 0 Å². The van der Waals surface area contributed by atoms with Crippen molar-refractivity contribution in [3.63, 3.8) is 0 Å². The van der Waals surface area contributed by atoms with E-state index >= 15 is 0 Å². The average molecular weight is 363 g/mol. The summed E-state index contributed by atoms with van der Waals surface area (Å²) in [5.41, 5.74) is -0.00472. The molecule has 23 heavy (non-hydrogen) atoms. The SMILES string of the molecule is CC(C)C1CCS(=O)(=NCC(C)(C)C2CCS(=N)(=O)CC2)CC1. The van der Waals surface area contributed by atoms with Crippen LogP contribution in [-0.4, -0.2) is 38.0 Å². The molecular weight excluding hydrogens is 328 g/mol. The summed E-state index contributed by atoms with van der Waals surface area (Å²) < 4.78 is 37.2. The van der Waals surface area contributed by atoms with E-state index in [4.69, 9.17) is 9.14 Å². The van der Waals surface area contributed by atoms with Crippen LogP contribution in [0.15, 0.2) is 4.36 Å². The zero-order valence-corrected chi connectivity index (χ0v) is 16.8. The molecule has 0 aromatic carbocycles. The van der Waals surface area contributed by atoms with Gasteiger partial charge in [-0.3, -0.25) is 4.78 Å². The summed E-state index contributed by atoms with van der Waals surface area (Å²) in [5.74, 6) is 4.39. The maximum Gasteiger partial charge on any atom is 0.0537 e. The topological polar surface area (TPSA) is 70.3 Å². The molecule has 0 bridgehead atoms. The van der Waals surface area contributed by atoms with Crippen molar-refractivity contribution in [1.29, 1.82) is 4.78 Å². The fraction of sp³-hybridized carbons (Fsp3) is 1.00. The van der Waals surface area contributed by atoms with Crippen molar-refractivity contribution in [2.24, 2.45) is 27.5 Å². The number of nitrogens with one attached hydrogen (secondary N) is 1. The Morgan fingerprint density at radius 1 is 1.04 bits per heavy atom. The first-order chi connectivity index (χ1) is 10.5. The van der Waals surface area contributed by atoms with Crippen LogP contribution in [0.3, 0.4) is 0 Å². The lowest BCUT2D eigenvalue weighted by Crippen LogP contribution is -2.35. The Bertz CT molecular complexity index is 601. The molecule has 0 atom stereocenters. The average Bonchev–Trinajstić information content (AvgIpc) is 2.45. The van der Waals surface area contributed by atoms with Gasteiger partial charge in [-0.1, -0.05) is 27.7 Å². The minimum atomic E-state index is -2.32. The van der Waals surface area contributed by atoms with Crippen molar-refractivity contribution in [2.45, 2.75) is 53.4 Å². The minimum Gasteiger partial charge on any atom is -0.253 e. The van der Waals surface area contributed by atoms with Gasteiger partial charge in [0, 0.05) is 42.5 Å². The molecule has 2 rings (SSSR count). The summed E-state index contributed by atoms with van der Waals surface area (Å²) in [7, 11) is -4.34. The third kappa shape index (κ3) is 5.18. The lowest BCUT2D eigenvalue weighted by molar-refractivity contribution is 0.207. The molecule has 4 nitrogen and oxygen atoms in total. The van der Waals surface area contributed by atoms with Crippen LogP contribution in [0.4, 0.5) is 0 Å². The normalized spacial score (nSPS) is 39.3. The lowest BCUT2D eigenvalue weighted by Gasteiger charge is -2.37. The summed E-state index contributed by atoms with van der Waals surface area (Å²) in [6, 6.07) is 0. The highest BCUT2D eigenvalue weighted by molar-refractivity contribution is 7.93. The standard InChI is InChI=1S/C17H34N2O2S2/c1-14(2)15-5-11-23(21,12-6-15)19-13-17(3,4)16-7-9-22(18,20)10-8-16/h14-16,18H,5-13H2,1-4H3. The van der Waals surface area contributed by atoms with Gasteiger partial charge in [-0.15, -0.1) is 0 Å². The van der Waals surface area contributed by atoms with Crippen molar-refractivity contribution in [2.75, 3.05) is 29.6 Å². The number of hydrogen-bond acceptors (Lipinski definition) is 4. The molecule has 136 valence electrons. The summed E-state index contributed by atoms with van der Waals surface area (Å²) in [5, 5.41) is 0. The highest BCUT2D eigenvalue weighted by atomic mass is 32.2. The molecule has 0 aliphatic carbocycles. The molecule has 6 heteroatoms. The van der Waals surface area contributed by atoms with Gasteiger partial charge < -0.3 is 0 Å². The quantitative estimate of drug-likeness (QED) is 0.821. The van der Waals surface area contributed by atoms with Gasteiger partial charge in [0.1, 0.15) is 0 Å². The molecule has 0 radical (unpaired) electrons. The largest absolute Gasteiger partial charge is 0.253 e. The first-order valence-corrected chi connectivity index (χ1v) is 12.7. The second-order valence-corrected chi connectivity index (χ2v) is 13.6. The van der Waals surface area contributed by atoms with Crippen molar-refractivity contribution in [1.82, 2.24) is 0 Å². The lowest BCUT2D eigenvalue weighted by atomic mass is 9.76. The number of rotatable bonds is 4. The Labute approximate surface area is 143 Å². The number of nitrogens with zero attached hydrogens (tertiary/aromatic N) is 1. The van der Waals surface area contributed by atoms with E-state index in [1.165, 1.54) is 0 Å². The second kappa shape index (κ2) is 7.03. The van der Waals surface area contributed by atoms with Crippen molar-refractivity contribution >= 4 is 19.5 Å². The van der Waals surface area contributed by atoms with E-state index in [1.807, 2.05) is 0 Å². The van der Waals surface area contributed by atoms with Crippen molar-refractivity contribution in [3.8, 4) is 0 Å². The zero-order valence-electron chi connectivity index (χ0n) is 15.2. The van der Waals surface area contributed by atoms with Gasteiger partial charge in [0.2, 0.25) is 0 Å². The fourth-order valence-electron chi connectivity index (χ4n) is 3.82. The van der Waals surface area contributed by atoms with Crippen LogP contribution < -0.4 is 0 Å². The highest BCUT2D eigenvalue weighted by Gasteiger charge is 2.34. The molecule has 2 saturated heterocycles. The Morgan fingerprint density at radius 3 is 2.04 bits per heavy atom. The van der Waals surface area contributed by atoms with E-state index in [2.05, 4.69) is 27.7 Å². The third-order valence-electron chi connectivity index (χ3n) is 5.96. The predicted molar refractivity (Wildman–Crippen MR) is 99.8 cm³/mol. The van der Waals surface area contributed by atoms with Gasteiger partial charge >= 0.3 is 0 Å². The summed E-state index contributed by atoms with van der Waals surface area (Å²) >= 11 is 0. The number of hydrogen-bond donors (Lipinski definition) is 1. The first kappa shape index (κ1) is 19.2. The van der Waals surface area contributed by atoms with Crippen LogP contribution in [-0.2, 0) is 19.5 Å². The Kier molecular flexibility index (Phi) is 5.87. The van der Waals surface area contributed by atoms with Crippen LogP contribution in [0.5, 0.6) is 0 Å². The van der Waals surface area contributed by atoms with E-state index in [1.54, 1.807) is 0 Å². The van der Waals surface area contributed by atoms with Gasteiger partial charge in [0.15, 0.2) is 0 Å². The molecule has 2 heterocycles. The minimum absolute atomic E-state index is 0.00472. The van der Waals surface area contributed by atoms with Gasteiger partial charge in [0.05, 0.1) is 6.54 Å². The van der Waals surface area contributed by atoms with Gasteiger partial charge in [0.25, 0.3) is 0 Å². The van der Waals surface area contributed by atoms with E-state index in [0.29, 0.717) is 35.8 Å². The van der Waals surface area contributed by atoms with Crippen LogP contribution in [0, 0.1) is 27.9 Å². The van der Waals surface area contributed by atoms with Crippen LogP contribution in [0.1, 0.15) is 53.4 Å². The van der Waals surface area contributed by atoms with E-state index < -0.39 is 19.5 Å². The maximum absolute atomic E-state index is 13.0. The van der Waals surface area contributed by atoms with E-state index in [0.717, 1.165) is 37.2 Å². The highest BCUT2D eigenvalue weighted by Crippen LogP contribution is 2.37. The first-order valence-electron chi connectivity index (χ1n) is 8.95.